The molecule has 0 aliphatic carbocycles. The Morgan fingerprint density at radius 2 is 1.82 bits per heavy atom. The van der Waals surface area contributed by atoms with E-state index in [0.29, 0.717) is 38.2 Å². The van der Waals surface area contributed by atoms with Crippen LogP contribution in [0.5, 0.6) is 5.75 Å². The normalized spacial score (nSPS) is 12.1. The van der Waals surface area contributed by atoms with Gasteiger partial charge in [0.25, 0.3) is 5.56 Å². The van der Waals surface area contributed by atoms with Gasteiger partial charge in [0.1, 0.15) is 16.2 Å². The highest BCUT2D eigenvalue weighted by atomic mass is 32.1. The van der Waals surface area contributed by atoms with Crippen molar-refractivity contribution in [3.8, 4) is 5.75 Å². The third-order valence-electron chi connectivity index (χ3n) is 4.73. The smallest absolute Gasteiger partial charge is 0.333 e. The molecule has 1 heterocycles. The summed E-state index contributed by atoms with van der Waals surface area (Å²) in [6.07, 6.45) is 2.91. The standard InChI is InChI=1S/C25H24FNO5S/c1-4-31-21-11-8-18(16(3)28)13-19(21)15-27-23(14-24(29)32-5-2)33-22(25(27)30)12-17-6-9-20(26)10-7-17/h6-14H,4-5,15H2,1-3H3/b22-12+,23-14-. The van der Waals surface area contributed by atoms with Gasteiger partial charge in [-0.25, -0.2) is 9.18 Å². The summed E-state index contributed by atoms with van der Waals surface area (Å²) in [6.45, 7) is 5.71. The minimum atomic E-state index is -0.566. The van der Waals surface area contributed by atoms with Crippen molar-refractivity contribution >= 4 is 35.2 Å². The zero-order chi connectivity index (χ0) is 24.0. The van der Waals surface area contributed by atoms with Gasteiger partial charge in [-0.05, 0) is 62.7 Å². The van der Waals surface area contributed by atoms with E-state index in [9.17, 15) is 18.8 Å². The number of hydrogen-bond acceptors (Lipinski definition) is 6. The largest absolute Gasteiger partial charge is 0.494 e. The molecule has 8 heteroatoms. The molecule has 0 spiro atoms. The molecule has 0 bridgehead atoms. The second-order valence-corrected chi connectivity index (χ2v) is 8.16. The maximum Gasteiger partial charge on any atom is 0.333 e. The summed E-state index contributed by atoms with van der Waals surface area (Å²) < 4.78 is 26.2. The van der Waals surface area contributed by atoms with Crippen LogP contribution < -0.4 is 19.5 Å². The zero-order valence-corrected chi connectivity index (χ0v) is 19.4. The predicted octanol–water partition coefficient (Wildman–Crippen LogP) is 2.87. The Morgan fingerprint density at radius 3 is 2.45 bits per heavy atom. The van der Waals surface area contributed by atoms with Gasteiger partial charge in [0.05, 0.1) is 30.4 Å². The number of benzene rings is 2. The quantitative estimate of drug-likeness (QED) is 0.375. The van der Waals surface area contributed by atoms with E-state index in [0.717, 1.165) is 11.3 Å². The van der Waals surface area contributed by atoms with Crippen molar-refractivity contribution in [2.45, 2.75) is 27.3 Å². The molecule has 33 heavy (non-hydrogen) atoms. The van der Waals surface area contributed by atoms with E-state index >= 15 is 0 Å². The van der Waals surface area contributed by atoms with Crippen LogP contribution in [0.2, 0.25) is 0 Å². The lowest BCUT2D eigenvalue weighted by atomic mass is 10.1. The van der Waals surface area contributed by atoms with Crippen LogP contribution >= 0.6 is 11.3 Å². The highest BCUT2D eigenvalue weighted by Gasteiger charge is 2.13. The second-order valence-electron chi connectivity index (χ2n) is 7.10. The fraction of sp³-hybridized carbons (Fsp3) is 0.240. The van der Waals surface area contributed by atoms with Gasteiger partial charge in [0, 0.05) is 11.1 Å². The number of thiazole rings is 1. The molecule has 6 nitrogen and oxygen atoms in total. The second kappa shape index (κ2) is 10.9. The number of carbonyl (C=O) groups excluding carboxylic acids is 2. The summed E-state index contributed by atoms with van der Waals surface area (Å²) in [6, 6.07) is 10.8. The molecule has 0 saturated carbocycles. The van der Waals surface area contributed by atoms with Gasteiger partial charge >= 0.3 is 5.97 Å². The maximum atomic E-state index is 13.3. The van der Waals surface area contributed by atoms with Gasteiger partial charge in [0.2, 0.25) is 0 Å². The highest BCUT2D eigenvalue weighted by molar-refractivity contribution is 7.07. The summed E-state index contributed by atoms with van der Waals surface area (Å²) in [7, 11) is 0. The number of rotatable bonds is 8. The van der Waals surface area contributed by atoms with Crippen LogP contribution in [0.15, 0.2) is 47.3 Å². The highest BCUT2D eigenvalue weighted by Crippen LogP contribution is 2.21. The number of Topliss-reactive ketones (excluding diaryl/α,β-unsaturated/α-hetero) is 1. The number of hydrogen-bond donors (Lipinski definition) is 0. The number of aromatic nitrogens is 1. The molecule has 3 rings (SSSR count). The number of ether oxygens (including phenoxy) is 2. The van der Waals surface area contributed by atoms with Crippen molar-refractivity contribution in [2.24, 2.45) is 0 Å². The van der Waals surface area contributed by atoms with Crippen molar-refractivity contribution in [1.29, 1.82) is 0 Å². The number of esters is 1. The predicted molar refractivity (Wildman–Crippen MR) is 126 cm³/mol. The minimum Gasteiger partial charge on any atom is -0.494 e. The van der Waals surface area contributed by atoms with E-state index < -0.39 is 5.97 Å². The molecule has 0 saturated heterocycles. The van der Waals surface area contributed by atoms with Crippen LogP contribution in [0.25, 0.3) is 12.2 Å². The summed E-state index contributed by atoms with van der Waals surface area (Å²) >= 11 is 1.13. The Kier molecular flexibility index (Phi) is 7.95. The Balaban J connectivity index is 2.18. The number of carbonyl (C=O) groups is 2. The Labute approximate surface area is 194 Å². The summed E-state index contributed by atoms with van der Waals surface area (Å²) in [5, 5.41) is 0. The van der Waals surface area contributed by atoms with Crippen molar-refractivity contribution in [2.75, 3.05) is 13.2 Å². The van der Waals surface area contributed by atoms with Crippen molar-refractivity contribution in [3.63, 3.8) is 0 Å². The summed E-state index contributed by atoms with van der Waals surface area (Å²) in [5.41, 5.74) is 1.45. The molecule has 0 N–H and O–H groups in total. The SMILES string of the molecule is CCOC(=O)/C=c1\s/c(=C/c2ccc(F)cc2)c(=O)n1Cc1cc(C(C)=O)ccc1OCC. The van der Waals surface area contributed by atoms with E-state index in [1.807, 2.05) is 6.92 Å². The van der Waals surface area contributed by atoms with Gasteiger partial charge in [-0.15, -0.1) is 11.3 Å². The van der Waals surface area contributed by atoms with Gasteiger partial charge in [0.15, 0.2) is 5.78 Å². The third kappa shape index (κ3) is 6.04. The van der Waals surface area contributed by atoms with Gasteiger partial charge < -0.3 is 9.47 Å². The van der Waals surface area contributed by atoms with Crippen LogP contribution in [0.3, 0.4) is 0 Å². The topological polar surface area (TPSA) is 74.6 Å². The monoisotopic (exact) mass is 469 g/mol. The summed E-state index contributed by atoms with van der Waals surface area (Å²) in [5.74, 6) is -0.503. The lowest BCUT2D eigenvalue weighted by Gasteiger charge is -2.12. The van der Waals surface area contributed by atoms with Crippen molar-refractivity contribution in [1.82, 2.24) is 4.57 Å². The first-order chi connectivity index (χ1) is 15.8. The lowest BCUT2D eigenvalue weighted by Crippen LogP contribution is -2.32. The molecular weight excluding hydrogens is 445 g/mol. The number of halogens is 1. The van der Waals surface area contributed by atoms with Crippen LogP contribution in [0.1, 0.15) is 42.3 Å². The van der Waals surface area contributed by atoms with Crippen LogP contribution in [-0.4, -0.2) is 29.5 Å². The molecule has 0 fully saturated rings. The van der Waals surface area contributed by atoms with E-state index in [1.165, 1.54) is 29.7 Å². The molecule has 1 aromatic heterocycles. The molecule has 3 aromatic rings. The number of nitrogens with zero attached hydrogens (tertiary/aromatic N) is 1. The van der Waals surface area contributed by atoms with Crippen molar-refractivity contribution < 1.29 is 23.5 Å². The Hall–Kier alpha value is -3.52. The minimum absolute atomic E-state index is 0.0916. The van der Waals surface area contributed by atoms with E-state index in [1.54, 1.807) is 43.3 Å². The average molecular weight is 470 g/mol. The van der Waals surface area contributed by atoms with Crippen molar-refractivity contribution in [3.05, 3.63) is 84.5 Å². The fourth-order valence-electron chi connectivity index (χ4n) is 3.18. The van der Waals surface area contributed by atoms with Gasteiger partial charge in [-0.1, -0.05) is 12.1 Å². The first kappa shape index (κ1) is 24.1. The molecule has 0 unspecified atom stereocenters. The molecule has 2 aromatic carbocycles. The lowest BCUT2D eigenvalue weighted by molar-refractivity contribution is -0.135. The molecule has 0 aliphatic heterocycles. The maximum absolute atomic E-state index is 13.3. The molecule has 0 radical (unpaired) electrons. The average Bonchev–Trinajstić information content (AvgIpc) is 3.05. The van der Waals surface area contributed by atoms with E-state index in [2.05, 4.69) is 0 Å². The van der Waals surface area contributed by atoms with Crippen LogP contribution in [0.4, 0.5) is 4.39 Å². The van der Waals surface area contributed by atoms with Gasteiger partial charge in [-0.2, -0.15) is 0 Å². The van der Waals surface area contributed by atoms with Gasteiger partial charge in [-0.3, -0.25) is 14.2 Å². The number of ketones is 1. The van der Waals surface area contributed by atoms with Crippen LogP contribution in [0, 0.1) is 5.82 Å². The Bertz CT molecular complexity index is 1340. The first-order valence-corrected chi connectivity index (χ1v) is 11.3. The first-order valence-electron chi connectivity index (χ1n) is 10.4. The van der Waals surface area contributed by atoms with E-state index in [4.69, 9.17) is 9.47 Å². The van der Waals surface area contributed by atoms with Crippen LogP contribution in [-0.2, 0) is 16.1 Å². The molecule has 0 amide bonds. The zero-order valence-electron chi connectivity index (χ0n) is 18.6. The molecule has 172 valence electrons. The third-order valence-corrected chi connectivity index (χ3v) is 5.79. The summed E-state index contributed by atoms with van der Waals surface area (Å²) in [4.78, 5) is 37.3. The Morgan fingerprint density at radius 1 is 1.09 bits per heavy atom. The van der Waals surface area contributed by atoms with E-state index in [-0.39, 0.29) is 30.3 Å². The fourth-order valence-corrected chi connectivity index (χ4v) is 4.21. The molecule has 0 atom stereocenters. The molecular formula is C25H24FNO5S. The molecule has 0 aliphatic rings.